The number of hydrogen-bond donors (Lipinski definition) is 5. The van der Waals surface area contributed by atoms with E-state index < -0.39 is 64.7 Å². The molecule has 13 nitrogen and oxygen atoms in total. The highest BCUT2D eigenvalue weighted by molar-refractivity contribution is 6.38. The van der Waals surface area contributed by atoms with Gasteiger partial charge in [-0.25, -0.2) is 0 Å². The molecule has 2 aliphatic carbocycles. The summed E-state index contributed by atoms with van der Waals surface area (Å²) in [6, 6.07) is -3.25. The first-order valence-electron chi connectivity index (χ1n) is 15.3. The van der Waals surface area contributed by atoms with Gasteiger partial charge in [0.15, 0.2) is 5.78 Å². The van der Waals surface area contributed by atoms with Gasteiger partial charge in [-0.15, -0.1) is 0 Å². The van der Waals surface area contributed by atoms with E-state index in [1.54, 1.807) is 13.8 Å². The molecule has 13 heteroatoms. The van der Waals surface area contributed by atoms with Gasteiger partial charge in [0.05, 0.1) is 6.04 Å². The van der Waals surface area contributed by atoms with Gasteiger partial charge < -0.3 is 31.9 Å². The normalized spacial score (nSPS) is 24.4. The van der Waals surface area contributed by atoms with Gasteiger partial charge in [-0.3, -0.25) is 33.6 Å². The number of Topliss-reactive ketones (excluding diaryl/α,β-unsaturated/α-hetero) is 1. The fraction of sp³-hybridized carbons (Fsp3) is 0.700. The van der Waals surface area contributed by atoms with Crippen LogP contribution in [0.25, 0.3) is 0 Å². The molecule has 4 unspecified atom stereocenters. The SMILES string of the molecule is CC(=O)C=C(N)C(=O)NC(C(=O)N1CCC2(CC2)C1C(=O)NC(CC1CCNC1=O)C(=O)C(=O)NC1CCCC1)C(C)C. The lowest BCUT2D eigenvalue weighted by molar-refractivity contribution is -0.145. The van der Waals surface area contributed by atoms with Crippen LogP contribution in [0.3, 0.4) is 0 Å². The minimum absolute atomic E-state index is 0.0192. The summed E-state index contributed by atoms with van der Waals surface area (Å²) in [6.45, 7) is 5.48. The summed E-state index contributed by atoms with van der Waals surface area (Å²) in [6.07, 6.45) is 6.95. The van der Waals surface area contributed by atoms with Crippen molar-refractivity contribution in [1.29, 1.82) is 0 Å². The molecule has 2 heterocycles. The predicted molar refractivity (Wildman–Crippen MR) is 155 cm³/mol. The number of likely N-dealkylation sites (tertiary alicyclic amines) is 1. The molecule has 0 aromatic heterocycles. The molecule has 4 aliphatic rings. The van der Waals surface area contributed by atoms with Gasteiger partial charge in [-0.05, 0) is 57.8 Å². The van der Waals surface area contributed by atoms with Crippen LogP contribution in [0.5, 0.6) is 0 Å². The molecule has 1 spiro atoms. The first kappa shape index (κ1) is 32.2. The molecule has 2 aliphatic heterocycles. The van der Waals surface area contributed by atoms with Crippen LogP contribution in [0.4, 0.5) is 0 Å². The summed E-state index contributed by atoms with van der Waals surface area (Å²) in [5.41, 5.74) is 4.95. The molecular formula is C30H44N6O7. The predicted octanol–water partition coefficient (Wildman–Crippen LogP) is -0.421. The summed E-state index contributed by atoms with van der Waals surface area (Å²) in [5.74, 6) is -4.92. The number of carbonyl (C=O) groups is 7. The molecule has 0 radical (unpaired) electrons. The van der Waals surface area contributed by atoms with E-state index in [1.165, 1.54) is 11.8 Å². The molecule has 0 aromatic rings. The minimum atomic E-state index is -1.23. The zero-order valence-electron chi connectivity index (χ0n) is 25.2. The summed E-state index contributed by atoms with van der Waals surface area (Å²) in [7, 11) is 0. The van der Waals surface area contributed by atoms with Gasteiger partial charge in [-0.1, -0.05) is 26.7 Å². The molecule has 4 atom stereocenters. The molecule has 0 bridgehead atoms. The number of amides is 5. The Labute approximate surface area is 251 Å². The van der Waals surface area contributed by atoms with Crippen molar-refractivity contribution in [2.75, 3.05) is 13.1 Å². The number of rotatable bonds is 12. The molecule has 2 saturated carbocycles. The standard InChI is InChI=1S/C30H44N6O7/c1-16(2)22(35-26(40)20(31)14-17(3)37)29(43)36-13-11-30(9-10-30)24(36)28(42)34-21(15-18-8-12-32-25(18)39)23(38)27(41)33-19-6-4-5-7-19/h14,16,18-19,21-22,24H,4-13,15,31H2,1-3H3,(H,32,39)(H,33,41)(H,34,42)(H,35,40). The van der Waals surface area contributed by atoms with Gasteiger partial charge >= 0.3 is 0 Å². The van der Waals surface area contributed by atoms with E-state index in [1.807, 2.05) is 0 Å². The summed E-state index contributed by atoms with van der Waals surface area (Å²) < 4.78 is 0. The maximum absolute atomic E-state index is 14.0. The largest absolute Gasteiger partial charge is 0.394 e. The third-order valence-electron chi connectivity index (χ3n) is 9.24. The number of allylic oxidation sites excluding steroid dienone is 1. The smallest absolute Gasteiger partial charge is 0.289 e. The lowest BCUT2D eigenvalue weighted by Crippen LogP contribution is -2.59. The van der Waals surface area contributed by atoms with Crippen LogP contribution < -0.4 is 27.0 Å². The van der Waals surface area contributed by atoms with Crippen LogP contribution in [0.15, 0.2) is 11.8 Å². The van der Waals surface area contributed by atoms with Gasteiger partial charge in [0.1, 0.15) is 17.8 Å². The Morgan fingerprint density at radius 2 is 1.70 bits per heavy atom. The Bertz CT molecular complexity index is 1200. The average molecular weight is 601 g/mol. The van der Waals surface area contributed by atoms with Crippen LogP contribution >= 0.6 is 0 Å². The van der Waals surface area contributed by atoms with Crippen molar-refractivity contribution in [3.8, 4) is 0 Å². The fourth-order valence-corrected chi connectivity index (χ4v) is 6.60. The van der Waals surface area contributed by atoms with Gasteiger partial charge in [0, 0.05) is 36.5 Å². The van der Waals surface area contributed by atoms with Crippen molar-refractivity contribution >= 4 is 41.1 Å². The zero-order chi connectivity index (χ0) is 31.5. The van der Waals surface area contributed by atoms with Gasteiger partial charge in [0.2, 0.25) is 23.5 Å². The Balaban J connectivity index is 1.53. The van der Waals surface area contributed by atoms with Crippen LogP contribution in [0.1, 0.15) is 78.6 Å². The molecule has 5 amide bonds. The van der Waals surface area contributed by atoms with E-state index in [0.29, 0.717) is 32.2 Å². The first-order chi connectivity index (χ1) is 20.3. The topological polar surface area (TPSA) is 197 Å². The van der Waals surface area contributed by atoms with Crippen molar-refractivity contribution in [1.82, 2.24) is 26.2 Å². The summed E-state index contributed by atoms with van der Waals surface area (Å²) in [5, 5.41) is 10.9. The number of nitrogens with two attached hydrogens (primary N) is 1. The molecular weight excluding hydrogens is 556 g/mol. The Hall–Kier alpha value is -3.77. The van der Waals surface area contributed by atoms with E-state index in [9.17, 15) is 33.6 Å². The Morgan fingerprint density at radius 1 is 1.02 bits per heavy atom. The molecule has 0 aromatic carbocycles. The Morgan fingerprint density at radius 3 is 2.26 bits per heavy atom. The fourth-order valence-electron chi connectivity index (χ4n) is 6.60. The van der Waals surface area contributed by atoms with Crippen molar-refractivity contribution in [3.05, 3.63) is 11.8 Å². The van der Waals surface area contributed by atoms with Gasteiger partial charge in [-0.2, -0.15) is 0 Å². The monoisotopic (exact) mass is 600 g/mol. The third-order valence-corrected chi connectivity index (χ3v) is 9.24. The van der Waals surface area contributed by atoms with Crippen LogP contribution in [0.2, 0.25) is 0 Å². The summed E-state index contributed by atoms with van der Waals surface area (Å²) in [4.78, 5) is 92.0. The quantitative estimate of drug-likeness (QED) is 0.147. The molecule has 2 saturated heterocycles. The van der Waals surface area contributed by atoms with E-state index in [4.69, 9.17) is 5.73 Å². The highest BCUT2D eigenvalue weighted by atomic mass is 16.2. The van der Waals surface area contributed by atoms with Gasteiger partial charge in [0.25, 0.3) is 11.8 Å². The van der Waals surface area contributed by atoms with Crippen molar-refractivity contribution in [3.63, 3.8) is 0 Å². The summed E-state index contributed by atoms with van der Waals surface area (Å²) >= 11 is 0. The van der Waals surface area contributed by atoms with Crippen molar-refractivity contribution < 1.29 is 33.6 Å². The molecule has 4 rings (SSSR count). The van der Waals surface area contributed by atoms with Crippen LogP contribution in [-0.4, -0.2) is 83.3 Å². The number of ketones is 2. The first-order valence-corrected chi connectivity index (χ1v) is 15.3. The van der Waals surface area contributed by atoms with Crippen molar-refractivity contribution in [2.24, 2.45) is 23.0 Å². The second-order valence-corrected chi connectivity index (χ2v) is 12.8. The number of nitrogens with zero attached hydrogens (tertiary/aromatic N) is 1. The maximum atomic E-state index is 14.0. The molecule has 6 N–H and O–H groups in total. The van der Waals surface area contributed by atoms with Crippen LogP contribution in [0, 0.1) is 17.3 Å². The second kappa shape index (κ2) is 13.3. The zero-order valence-corrected chi connectivity index (χ0v) is 25.2. The Kier molecular flexibility index (Phi) is 9.91. The lowest BCUT2D eigenvalue weighted by atomic mass is 9.92. The van der Waals surface area contributed by atoms with Crippen LogP contribution in [-0.2, 0) is 33.6 Å². The number of nitrogens with one attached hydrogen (secondary N) is 4. The lowest BCUT2D eigenvalue weighted by Gasteiger charge is -2.33. The molecule has 4 fully saturated rings. The average Bonchev–Trinajstić information content (AvgIpc) is 3.23. The van der Waals surface area contributed by atoms with E-state index >= 15 is 0 Å². The number of carbonyl (C=O) groups excluding carboxylic acids is 7. The minimum Gasteiger partial charge on any atom is -0.394 e. The molecule has 236 valence electrons. The van der Waals surface area contributed by atoms with E-state index in [2.05, 4.69) is 21.3 Å². The number of hydrogen-bond acceptors (Lipinski definition) is 8. The van der Waals surface area contributed by atoms with E-state index in [-0.39, 0.29) is 36.5 Å². The van der Waals surface area contributed by atoms with E-state index in [0.717, 1.165) is 31.8 Å². The highest BCUT2D eigenvalue weighted by Crippen LogP contribution is 2.57. The highest BCUT2D eigenvalue weighted by Gasteiger charge is 2.60. The van der Waals surface area contributed by atoms with Crippen molar-refractivity contribution in [2.45, 2.75) is 103 Å². The third kappa shape index (κ3) is 7.42. The maximum Gasteiger partial charge on any atom is 0.289 e. The second-order valence-electron chi connectivity index (χ2n) is 12.8. The molecule has 43 heavy (non-hydrogen) atoms.